The van der Waals surface area contributed by atoms with Crippen molar-refractivity contribution in [3.63, 3.8) is 0 Å². The highest BCUT2D eigenvalue weighted by molar-refractivity contribution is 6.42. The molecule has 0 aromatic heterocycles. The second-order valence-electron chi connectivity index (χ2n) is 5.17. The van der Waals surface area contributed by atoms with Crippen molar-refractivity contribution in [1.82, 2.24) is 4.90 Å². The van der Waals surface area contributed by atoms with Gasteiger partial charge in [0.05, 0.1) is 10.0 Å². The van der Waals surface area contributed by atoms with Crippen molar-refractivity contribution in [3.05, 3.63) is 33.8 Å². The fourth-order valence-corrected chi connectivity index (χ4v) is 3.03. The van der Waals surface area contributed by atoms with E-state index in [1.165, 1.54) is 18.4 Å². The van der Waals surface area contributed by atoms with E-state index in [1.54, 1.807) is 0 Å². The predicted octanol–water partition coefficient (Wildman–Crippen LogP) is 3.73. The van der Waals surface area contributed by atoms with Gasteiger partial charge in [-0.3, -0.25) is 4.90 Å². The molecular weight excluding hydrogens is 267 g/mol. The second-order valence-corrected chi connectivity index (χ2v) is 5.98. The summed E-state index contributed by atoms with van der Waals surface area (Å²) in [5.41, 5.74) is 7.12. The van der Waals surface area contributed by atoms with Gasteiger partial charge in [0.2, 0.25) is 0 Å². The van der Waals surface area contributed by atoms with E-state index >= 15 is 0 Å². The van der Waals surface area contributed by atoms with E-state index in [9.17, 15) is 0 Å². The van der Waals surface area contributed by atoms with Crippen LogP contribution in [0.4, 0.5) is 0 Å². The first-order chi connectivity index (χ1) is 8.61. The van der Waals surface area contributed by atoms with Crippen LogP contribution in [0.1, 0.15) is 31.4 Å². The maximum Gasteiger partial charge on any atom is 0.0595 e. The van der Waals surface area contributed by atoms with Crippen LogP contribution < -0.4 is 5.73 Å². The van der Waals surface area contributed by atoms with Gasteiger partial charge in [0.1, 0.15) is 0 Å². The first kappa shape index (κ1) is 14.1. The molecule has 0 radical (unpaired) electrons. The van der Waals surface area contributed by atoms with Gasteiger partial charge < -0.3 is 5.73 Å². The molecule has 0 bridgehead atoms. The Morgan fingerprint density at radius 3 is 2.78 bits per heavy atom. The van der Waals surface area contributed by atoms with Gasteiger partial charge in [-0.1, -0.05) is 36.2 Å². The molecule has 1 fully saturated rings. The van der Waals surface area contributed by atoms with Crippen molar-refractivity contribution in [2.24, 2.45) is 11.7 Å². The fourth-order valence-electron chi connectivity index (χ4n) is 2.72. The summed E-state index contributed by atoms with van der Waals surface area (Å²) in [6, 6.07) is 6.09. The largest absolute Gasteiger partial charge is 0.329 e. The number of benzene rings is 1. The molecule has 0 spiro atoms. The molecule has 1 aliphatic heterocycles. The summed E-state index contributed by atoms with van der Waals surface area (Å²) < 4.78 is 0. The number of piperidine rings is 1. The van der Waals surface area contributed by atoms with Crippen molar-refractivity contribution >= 4 is 23.2 Å². The van der Waals surface area contributed by atoms with E-state index in [0.717, 1.165) is 19.0 Å². The SMILES string of the molecule is C[C@@H]1CCCN([C@@H](CN)c2ccc(Cl)c(Cl)c2)C1. The van der Waals surface area contributed by atoms with Crippen molar-refractivity contribution in [3.8, 4) is 0 Å². The molecule has 2 N–H and O–H groups in total. The van der Waals surface area contributed by atoms with Crippen LogP contribution in [0.25, 0.3) is 0 Å². The van der Waals surface area contributed by atoms with Gasteiger partial charge in [-0.15, -0.1) is 0 Å². The molecule has 0 amide bonds. The van der Waals surface area contributed by atoms with Crippen LogP contribution in [-0.4, -0.2) is 24.5 Å². The first-order valence-electron chi connectivity index (χ1n) is 6.51. The van der Waals surface area contributed by atoms with Crippen molar-refractivity contribution in [2.75, 3.05) is 19.6 Å². The lowest BCUT2D eigenvalue weighted by Gasteiger charge is -2.37. The van der Waals surface area contributed by atoms with Gasteiger partial charge in [0.15, 0.2) is 0 Å². The fraction of sp³-hybridized carbons (Fsp3) is 0.571. The van der Waals surface area contributed by atoms with Crippen LogP contribution in [0.5, 0.6) is 0 Å². The molecule has 100 valence electrons. The molecule has 1 aliphatic rings. The Hall–Kier alpha value is -0.280. The number of halogens is 2. The van der Waals surface area contributed by atoms with Gasteiger partial charge >= 0.3 is 0 Å². The minimum atomic E-state index is 0.252. The summed E-state index contributed by atoms with van der Waals surface area (Å²) in [4.78, 5) is 2.47. The molecular formula is C14H20Cl2N2. The average Bonchev–Trinajstić information content (AvgIpc) is 2.35. The molecule has 1 heterocycles. The maximum absolute atomic E-state index is 6.09. The zero-order valence-electron chi connectivity index (χ0n) is 10.7. The first-order valence-corrected chi connectivity index (χ1v) is 7.26. The van der Waals surface area contributed by atoms with Crippen LogP contribution in [0.15, 0.2) is 18.2 Å². The zero-order chi connectivity index (χ0) is 13.1. The normalized spacial score (nSPS) is 23.0. The number of rotatable bonds is 3. The van der Waals surface area contributed by atoms with Crippen molar-refractivity contribution in [2.45, 2.75) is 25.8 Å². The second kappa shape index (κ2) is 6.25. The van der Waals surface area contributed by atoms with E-state index in [4.69, 9.17) is 28.9 Å². The average molecular weight is 287 g/mol. The van der Waals surface area contributed by atoms with E-state index in [0.29, 0.717) is 16.6 Å². The molecule has 1 aromatic carbocycles. The van der Waals surface area contributed by atoms with Gasteiger partial charge in [-0.05, 0) is 43.0 Å². The topological polar surface area (TPSA) is 29.3 Å². The van der Waals surface area contributed by atoms with Crippen molar-refractivity contribution < 1.29 is 0 Å². The third-order valence-corrected chi connectivity index (χ3v) is 4.42. The number of likely N-dealkylation sites (tertiary alicyclic amines) is 1. The van der Waals surface area contributed by atoms with Crippen LogP contribution in [0, 0.1) is 5.92 Å². The van der Waals surface area contributed by atoms with Crippen LogP contribution in [-0.2, 0) is 0 Å². The van der Waals surface area contributed by atoms with E-state index in [-0.39, 0.29) is 6.04 Å². The standard InChI is InChI=1S/C14H20Cl2N2/c1-10-3-2-6-18(9-10)14(8-17)11-4-5-12(15)13(16)7-11/h4-5,7,10,14H,2-3,6,8-9,17H2,1H3/t10-,14+/m1/s1. The smallest absolute Gasteiger partial charge is 0.0595 e. The van der Waals surface area contributed by atoms with E-state index < -0.39 is 0 Å². The van der Waals surface area contributed by atoms with Crippen LogP contribution in [0.2, 0.25) is 10.0 Å². The van der Waals surface area contributed by atoms with Crippen LogP contribution >= 0.6 is 23.2 Å². The molecule has 2 atom stereocenters. The molecule has 2 nitrogen and oxygen atoms in total. The predicted molar refractivity (Wildman–Crippen MR) is 78.2 cm³/mol. The highest BCUT2D eigenvalue weighted by Gasteiger charge is 2.24. The number of hydrogen-bond acceptors (Lipinski definition) is 2. The Kier molecular flexibility index (Phi) is 4.91. The van der Waals surface area contributed by atoms with Crippen molar-refractivity contribution in [1.29, 1.82) is 0 Å². The molecule has 0 saturated carbocycles. The number of nitrogens with two attached hydrogens (primary N) is 1. The van der Waals surface area contributed by atoms with Gasteiger partial charge in [0, 0.05) is 19.1 Å². The van der Waals surface area contributed by atoms with Gasteiger partial charge in [0.25, 0.3) is 0 Å². The highest BCUT2D eigenvalue weighted by Crippen LogP contribution is 2.30. The lowest BCUT2D eigenvalue weighted by Crippen LogP contribution is -2.40. The Morgan fingerprint density at radius 2 is 2.17 bits per heavy atom. The summed E-state index contributed by atoms with van der Waals surface area (Å²) in [6.45, 7) is 5.15. The van der Waals surface area contributed by atoms with E-state index in [2.05, 4.69) is 11.8 Å². The summed E-state index contributed by atoms with van der Waals surface area (Å²) in [5.74, 6) is 0.746. The van der Waals surface area contributed by atoms with E-state index in [1.807, 2.05) is 18.2 Å². The molecule has 1 aromatic rings. The third kappa shape index (κ3) is 3.18. The summed E-state index contributed by atoms with van der Waals surface area (Å²) >= 11 is 12.1. The molecule has 4 heteroatoms. The quantitative estimate of drug-likeness (QED) is 0.918. The summed E-state index contributed by atoms with van der Waals surface area (Å²) in [7, 11) is 0. The summed E-state index contributed by atoms with van der Waals surface area (Å²) in [5, 5.41) is 1.21. The highest BCUT2D eigenvalue weighted by atomic mass is 35.5. The molecule has 0 aliphatic carbocycles. The van der Waals surface area contributed by atoms with Crippen LogP contribution in [0.3, 0.4) is 0 Å². The Balaban J connectivity index is 2.18. The Bertz CT molecular complexity index is 409. The minimum absolute atomic E-state index is 0.252. The molecule has 18 heavy (non-hydrogen) atoms. The maximum atomic E-state index is 6.09. The third-order valence-electron chi connectivity index (χ3n) is 3.68. The van der Waals surface area contributed by atoms with Gasteiger partial charge in [-0.25, -0.2) is 0 Å². The monoisotopic (exact) mass is 286 g/mol. The minimum Gasteiger partial charge on any atom is -0.329 e. The molecule has 2 rings (SSSR count). The van der Waals surface area contributed by atoms with Gasteiger partial charge in [-0.2, -0.15) is 0 Å². The lowest BCUT2D eigenvalue weighted by molar-refractivity contribution is 0.133. The Morgan fingerprint density at radius 1 is 1.39 bits per heavy atom. The Labute approximate surface area is 119 Å². The summed E-state index contributed by atoms with van der Waals surface area (Å²) in [6.07, 6.45) is 2.56. The zero-order valence-corrected chi connectivity index (χ0v) is 12.2. The molecule has 1 saturated heterocycles. The lowest BCUT2D eigenvalue weighted by atomic mass is 9.96. The number of nitrogens with zero attached hydrogens (tertiary/aromatic N) is 1. The molecule has 0 unspecified atom stereocenters. The number of hydrogen-bond donors (Lipinski definition) is 1.